The molecule has 0 saturated heterocycles. The van der Waals surface area contributed by atoms with Gasteiger partial charge in [-0.15, -0.1) is 12.4 Å². The SMILES string of the molecule is Cc1ccc(C)c(OCCCCC(=O)N[C@@H](C)CN)c1.Cl. The Labute approximate surface area is 133 Å². The molecule has 0 bridgehead atoms. The monoisotopic (exact) mass is 314 g/mol. The molecular weight excluding hydrogens is 288 g/mol. The van der Waals surface area contributed by atoms with Crippen LogP contribution in [-0.4, -0.2) is 25.1 Å². The van der Waals surface area contributed by atoms with Crippen molar-refractivity contribution in [2.75, 3.05) is 13.2 Å². The van der Waals surface area contributed by atoms with Gasteiger partial charge in [0.2, 0.25) is 5.91 Å². The first kappa shape index (κ1) is 19.7. The lowest BCUT2D eigenvalue weighted by atomic mass is 10.1. The minimum Gasteiger partial charge on any atom is -0.493 e. The summed E-state index contributed by atoms with van der Waals surface area (Å²) in [4.78, 5) is 11.5. The average Bonchev–Trinajstić information content (AvgIpc) is 2.42. The van der Waals surface area contributed by atoms with Crippen molar-refractivity contribution >= 4 is 18.3 Å². The van der Waals surface area contributed by atoms with Crippen LogP contribution in [0.15, 0.2) is 18.2 Å². The smallest absolute Gasteiger partial charge is 0.220 e. The molecule has 0 aromatic heterocycles. The summed E-state index contributed by atoms with van der Waals surface area (Å²) in [5.41, 5.74) is 7.79. The van der Waals surface area contributed by atoms with E-state index in [-0.39, 0.29) is 24.4 Å². The second-order valence-corrected chi connectivity index (χ2v) is 5.28. The first-order valence-electron chi connectivity index (χ1n) is 7.22. The van der Waals surface area contributed by atoms with E-state index in [0.29, 0.717) is 19.6 Å². The van der Waals surface area contributed by atoms with Gasteiger partial charge in [0.15, 0.2) is 0 Å². The van der Waals surface area contributed by atoms with Crippen LogP contribution in [0.5, 0.6) is 5.75 Å². The van der Waals surface area contributed by atoms with Crippen LogP contribution in [0.4, 0.5) is 0 Å². The first-order chi connectivity index (χ1) is 9.52. The number of halogens is 1. The van der Waals surface area contributed by atoms with Gasteiger partial charge in [0.25, 0.3) is 0 Å². The van der Waals surface area contributed by atoms with Crippen LogP contribution in [-0.2, 0) is 4.79 Å². The van der Waals surface area contributed by atoms with E-state index in [4.69, 9.17) is 10.5 Å². The topological polar surface area (TPSA) is 64.3 Å². The number of amides is 1. The van der Waals surface area contributed by atoms with E-state index in [9.17, 15) is 4.79 Å². The van der Waals surface area contributed by atoms with Crippen molar-refractivity contribution in [2.24, 2.45) is 5.73 Å². The maximum atomic E-state index is 11.5. The van der Waals surface area contributed by atoms with Crippen molar-refractivity contribution in [3.63, 3.8) is 0 Å². The van der Waals surface area contributed by atoms with Gasteiger partial charge >= 0.3 is 0 Å². The molecule has 120 valence electrons. The molecule has 1 aromatic rings. The number of rotatable bonds is 8. The minimum atomic E-state index is 0. The van der Waals surface area contributed by atoms with Crippen LogP contribution in [0, 0.1) is 13.8 Å². The van der Waals surface area contributed by atoms with Gasteiger partial charge in [0.05, 0.1) is 6.61 Å². The highest BCUT2D eigenvalue weighted by atomic mass is 35.5. The van der Waals surface area contributed by atoms with Crippen molar-refractivity contribution < 1.29 is 9.53 Å². The minimum absolute atomic E-state index is 0. The lowest BCUT2D eigenvalue weighted by Gasteiger charge is -2.12. The molecule has 21 heavy (non-hydrogen) atoms. The Bertz CT molecular complexity index is 438. The third-order valence-electron chi connectivity index (χ3n) is 3.16. The highest BCUT2D eigenvalue weighted by Gasteiger charge is 2.05. The van der Waals surface area contributed by atoms with Crippen molar-refractivity contribution in [3.05, 3.63) is 29.3 Å². The van der Waals surface area contributed by atoms with E-state index < -0.39 is 0 Å². The molecule has 0 fully saturated rings. The molecule has 1 atom stereocenters. The number of unbranched alkanes of at least 4 members (excludes halogenated alkanes) is 1. The normalized spacial score (nSPS) is 11.4. The third-order valence-corrected chi connectivity index (χ3v) is 3.16. The molecule has 0 unspecified atom stereocenters. The second-order valence-electron chi connectivity index (χ2n) is 5.28. The fourth-order valence-corrected chi connectivity index (χ4v) is 1.84. The Morgan fingerprint density at radius 3 is 2.71 bits per heavy atom. The molecular formula is C16H27ClN2O2. The Hall–Kier alpha value is -1.26. The molecule has 1 amide bonds. The van der Waals surface area contributed by atoms with Crippen molar-refractivity contribution in [1.82, 2.24) is 5.32 Å². The van der Waals surface area contributed by atoms with Crippen LogP contribution in [0.25, 0.3) is 0 Å². The quantitative estimate of drug-likeness (QED) is 0.725. The van der Waals surface area contributed by atoms with E-state index in [1.807, 2.05) is 19.9 Å². The molecule has 0 aliphatic rings. The second kappa shape index (κ2) is 10.5. The molecule has 0 spiro atoms. The number of nitrogens with one attached hydrogen (secondary N) is 1. The molecule has 1 rings (SSSR count). The molecule has 0 aliphatic carbocycles. The zero-order valence-corrected chi connectivity index (χ0v) is 14.0. The van der Waals surface area contributed by atoms with Gasteiger partial charge in [-0.1, -0.05) is 12.1 Å². The molecule has 4 nitrogen and oxygen atoms in total. The first-order valence-corrected chi connectivity index (χ1v) is 7.22. The van der Waals surface area contributed by atoms with Crippen molar-refractivity contribution in [2.45, 2.75) is 46.1 Å². The van der Waals surface area contributed by atoms with Crippen LogP contribution in [0.2, 0.25) is 0 Å². The number of nitrogens with two attached hydrogens (primary N) is 1. The third kappa shape index (κ3) is 7.93. The molecule has 3 N–H and O–H groups in total. The van der Waals surface area contributed by atoms with Crippen molar-refractivity contribution in [1.29, 1.82) is 0 Å². The highest BCUT2D eigenvalue weighted by Crippen LogP contribution is 2.19. The molecule has 0 radical (unpaired) electrons. The maximum absolute atomic E-state index is 11.5. The Morgan fingerprint density at radius 1 is 1.33 bits per heavy atom. The summed E-state index contributed by atoms with van der Waals surface area (Å²) in [7, 11) is 0. The van der Waals surface area contributed by atoms with E-state index >= 15 is 0 Å². The van der Waals surface area contributed by atoms with E-state index in [2.05, 4.69) is 24.4 Å². The van der Waals surface area contributed by atoms with E-state index in [0.717, 1.165) is 24.2 Å². The van der Waals surface area contributed by atoms with Crippen molar-refractivity contribution in [3.8, 4) is 5.75 Å². The lowest BCUT2D eigenvalue weighted by Crippen LogP contribution is -2.37. The predicted octanol–water partition coefficient (Wildman–Crippen LogP) is 2.74. The summed E-state index contributed by atoms with van der Waals surface area (Å²) in [6.45, 7) is 7.11. The van der Waals surface area contributed by atoms with E-state index in [1.54, 1.807) is 0 Å². The number of carbonyl (C=O) groups is 1. The van der Waals surface area contributed by atoms with Gasteiger partial charge in [-0.05, 0) is 50.8 Å². The van der Waals surface area contributed by atoms with Gasteiger partial charge in [-0.2, -0.15) is 0 Å². The van der Waals surface area contributed by atoms with Gasteiger partial charge < -0.3 is 15.8 Å². The summed E-state index contributed by atoms with van der Waals surface area (Å²) in [6.07, 6.45) is 2.23. The lowest BCUT2D eigenvalue weighted by molar-refractivity contribution is -0.121. The van der Waals surface area contributed by atoms with Gasteiger partial charge in [0.1, 0.15) is 5.75 Å². The highest BCUT2D eigenvalue weighted by molar-refractivity contribution is 5.85. The average molecular weight is 315 g/mol. The van der Waals surface area contributed by atoms with Gasteiger partial charge in [-0.25, -0.2) is 0 Å². The molecule has 1 aromatic carbocycles. The molecule has 5 heteroatoms. The fraction of sp³-hybridized carbons (Fsp3) is 0.562. The number of ether oxygens (including phenoxy) is 1. The van der Waals surface area contributed by atoms with Crippen LogP contribution in [0.1, 0.15) is 37.3 Å². The number of hydrogen-bond acceptors (Lipinski definition) is 3. The number of benzene rings is 1. The predicted molar refractivity (Wildman–Crippen MR) is 89.2 cm³/mol. The van der Waals surface area contributed by atoms with Crippen LogP contribution in [0.3, 0.4) is 0 Å². The summed E-state index contributed by atoms with van der Waals surface area (Å²) in [5.74, 6) is 1.00. The largest absolute Gasteiger partial charge is 0.493 e. The number of hydrogen-bond donors (Lipinski definition) is 2. The van der Waals surface area contributed by atoms with Crippen LogP contribution < -0.4 is 15.8 Å². The number of aryl methyl sites for hydroxylation is 2. The summed E-state index contributed by atoms with van der Waals surface area (Å²) >= 11 is 0. The summed E-state index contributed by atoms with van der Waals surface area (Å²) in [5, 5.41) is 2.85. The van der Waals surface area contributed by atoms with E-state index in [1.165, 1.54) is 5.56 Å². The zero-order chi connectivity index (χ0) is 15.0. The molecule has 0 heterocycles. The molecule has 0 saturated carbocycles. The Morgan fingerprint density at radius 2 is 2.05 bits per heavy atom. The Kier molecular flexibility index (Phi) is 9.84. The zero-order valence-electron chi connectivity index (χ0n) is 13.1. The van der Waals surface area contributed by atoms with Crippen LogP contribution >= 0.6 is 12.4 Å². The molecule has 0 aliphatic heterocycles. The number of carbonyl (C=O) groups excluding carboxylic acids is 1. The van der Waals surface area contributed by atoms with Gasteiger partial charge in [0, 0.05) is 19.0 Å². The standard InChI is InChI=1S/C16H26N2O2.ClH/c1-12-7-8-13(2)15(10-12)20-9-5-4-6-16(19)18-14(3)11-17;/h7-8,10,14H,4-6,9,11,17H2,1-3H3,(H,18,19);1H/t14-;/m0./s1. The fourth-order valence-electron chi connectivity index (χ4n) is 1.84. The summed E-state index contributed by atoms with van der Waals surface area (Å²) < 4.78 is 5.75. The maximum Gasteiger partial charge on any atom is 0.220 e. The summed E-state index contributed by atoms with van der Waals surface area (Å²) in [6, 6.07) is 6.23. The van der Waals surface area contributed by atoms with Gasteiger partial charge in [-0.3, -0.25) is 4.79 Å². The Balaban J connectivity index is 0.00000400.